The first-order valence-corrected chi connectivity index (χ1v) is 7.43. The fourth-order valence-corrected chi connectivity index (χ4v) is 2.50. The van der Waals surface area contributed by atoms with Gasteiger partial charge in [-0.25, -0.2) is 0 Å². The zero-order valence-electron chi connectivity index (χ0n) is 12.5. The van der Waals surface area contributed by atoms with Crippen molar-refractivity contribution in [3.63, 3.8) is 0 Å². The number of benzene rings is 2. The molecule has 1 atom stereocenters. The first-order chi connectivity index (χ1) is 11.2. The number of carbonyl (C=O) groups is 1. The van der Waals surface area contributed by atoms with Gasteiger partial charge >= 0.3 is 5.97 Å². The summed E-state index contributed by atoms with van der Waals surface area (Å²) in [5.74, 6) is -0.941. The molecule has 0 aliphatic rings. The third kappa shape index (κ3) is 3.77. The molecule has 0 fully saturated rings. The van der Waals surface area contributed by atoms with Crippen molar-refractivity contribution in [3.05, 3.63) is 71.9 Å². The SMILES string of the molecule is O=C(O)[C@H](Cc1c[nH]c2ccccc12)NOCc1ccccc1. The highest BCUT2D eigenvalue weighted by Crippen LogP contribution is 2.19. The maximum Gasteiger partial charge on any atom is 0.323 e. The van der Waals surface area contributed by atoms with E-state index in [0.717, 1.165) is 22.0 Å². The van der Waals surface area contributed by atoms with Gasteiger partial charge in [0, 0.05) is 23.5 Å². The third-order valence-corrected chi connectivity index (χ3v) is 3.70. The Morgan fingerprint density at radius 2 is 1.87 bits per heavy atom. The van der Waals surface area contributed by atoms with E-state index in [1.165, 1.54) is 0 Å². The average Bonchev–Trinajstić information content (AvgIpc) is 2.98. The van der Waals surface area contributed by atoms with E-state index in [9.17, 15) is 9.90 Å². The molecule has 0 saturated heterocycles. The summed E-state index contributed by atoms with van der Waals surface area (Å²) in [7, 11) is 0. The van der Waals surface area contributed by atoms with Gasteiger partial charge in [-0.1, -0.05) is 48.5 Å². The van der Waals surface area contributed by atoms with Crippen LogP contribution in [-0.2, 0) is 22.7 Å². The number of H-pyrrole nitrogens is 1. The van der Waals surface area contributed by atoms with Gasteiger partial charge in [-0.05, 0) is 17.2 Å². The summed E-state index contributed by atoms with van der Waals surface area (Å²) in [6, 6.07) is 16.6. The Bertz CT molecular complexity index is 783. The van der Waals surface area contributed by atoms with Gasteiger partial charge in [0.15, 0.2) is 0 Å². The van der Waals surface area contributed by atoms with Crippen molar-refractivity contribution in [2.24, 2.45) is 0 Å². The molecule has 3 N–H and O–H groups in total. The standard InChI is InChI=1S/C18H18N2O3/c21-18(22)17(20-23-12-13-6-2-1-3-7-13)10-14-11-19-16-9-5-4-8-15(14)16/h1-9,11,17,19-20H,10,12H2,(H,21,22)/t17-/m0/s1. The molecule has 3 rings (SSSR count). The van der Waals surface area contributed by atoms with E-state index in [1.54, 1.807) is 0 Å². The van der Waals surface area contributed by atoms with Crippen molar-refractivity contribution in [2.75, 3.05) is 0 Å². The Hall–Kier alpha value is -2.63. The van der Waals surface area contributed by atoms with Crippen molar-refractivity contribution in [2.45, 2.75) is 19.1 Å². The molecule has 0 radical (unpaired) electrons. The molecule has 0 saturated carbocycles. The van der Waals surface area contributed by atoms with Crippen molar-refractivity contribution in [1.29, 1.82) is 0 Å². The van der Waals surface area contributed by atoms with Crippen LogP contribution in [-0.4, -0.2) is 22.1 Å². The number of hydrogen-bond acceptors (Lipinski definition) is 3. The Balaban J connectivity index is 1.64. The van der Waals surface area contributed by atoms with E-state index >= 15 is 0 Å². The zero-order valence-corrected chi connectivity index (χ0v) is 12.5. The lowest BCUT2D eigenvalue weighted by Crippen LogP contribution is -2.38. The lowest BCUT2D eigenvalue weighted by atomic mass is 10.1. The molecule has 118 valence electrons. The van der Waals surface area contributed by atoms with Gasteiger partial charge in [-0.15, -0.1) is 0 Å². The molecule has 0 aliphatic carbocycles. The minimum absolute atomic E-state index is 0.318. The third-order valence-electron chi connectivity index (χ3n) is 3.70. The highest BCUT2D eigenvalue weighted by Gasteiger charge is 2.19. The Labute approximate surface area is 133 Å². The molecule has 0 amide bonds. The number of hydroxylamine groups is 1. The van der Waals surface area contributed by atoms with Crippen LogP contribution in [0.25, 0.3) is 10.9 Å². The van der Waals surface area contributed by atoms with Crippen LogP contribution in [0.1, 0.15) is 11.1 Å². The Morgan fingerprint density at radius 1 is 1.13 bits per heavy atom. The predicted octanol–water partition coefficient (Wildman–Crippen LogP) is 2.89. The second-order valence-electron chi connectivity index (χ2n) is 5.35. The number of aliphatic carboxylic acids is 1. The molecule has 2 aromatic carbocycles. The number of hydrogen-bond donors (Lipinski definition) is 3. The number of rotatable bonds is 7. The average molecular weight is 310 g/mol. The second-order valence-corrected chi connectivity index (χ2v) is 5.35. The largest absolute Gasteiger partial charge is 0.480 e. The number of aromatic amines is 1. The zero-order chi connectivity index (χ0) is 16.1. The number of para-hydroxylation sites is 1. The van der Waals surface area contributed by atoms with Crippen LogP contribution < -0.4 is 5.48 Å². The van der Waals surface area contributed by atoms with E-state index in [-0.39, 0.29) is 0 Å². The fraction of sp³-hybridized carbons (Fsp3) is 0.167. The normalized spacial score (nSPS) is 12.3. The summed E-state index contributed by atoms with van der Waals surface area (Å²) in [5.41, 5.74) is 5.58. The summed E-state index contributed by atoms with van der Waals surface area (Å²) in [5, 5.41) is 10.4. The fourth-order valence-electron chi connectivity index (χ4n) is 2.50. The molecule has 0 spiro atoms. The van der Waals surface area contributed by atoms with Crippen LogP contribution in [0, 0.1) is 0 Å². The first kappa shape index (κ1) is 15.3. The molecular formula is C18H18N2O3. The molecule has 0 aliphatic heterocycles. The molecule has 1 heterocycles. The van der Waals surface area contributed by atoms with E-state index in [1.807, 2.05) is 60.8 Å². The monoisotopic (exact) mass is 310 g/mol. The number of fused-ring (bicyclic) bond motifs is 1. The number of nitrogens with one attached hydrogen (secondary N) is 2. The van der Waals surface area contributed by atoms with E-state index in [0.29, 0.717) is 13.0 Å². The van der Waals surface area contributed by atoms with Gasteiger partial charge in [-0.2, -0.15) is 5.48 Å². The van der Waals surface area contributed by atoms with Crippen molar-refractivity contribution < 1.29 is 14.7 Å². The maximum atomic E-state index is 11.5. The molecule has 3 aromatic rings. The Morgan fingerprint density at radius 3 is 2.65 bits per heavy atom. The topological polar surface area (TPSA) is 74.3 Å². The van der Waals surface area contributed by atoms with Crippen LogP contribution in [0.15, 0.2) is 60.8 Å². The first-order valence-electron chi connectivity index (χ1n) is 7.43. The van der Waals surface area contributed by atoms with Gasteiger partial charge in [0.1, 0.15) is 6.04 Å². The summed E-state index contributed by atoms with van der Waals surface area (Å²) in [4.78, 5) is 20.0. The van der Waals surface area contributed by atoms with Crippen LogP contribution in [0.3, 0.4) is 0 Å². The lowest BCUT2D eigenvalue weighted by molar-refractivity contribution is -0.144. The summed E-state index contributed by atoms with van der Waals surface area (Å²) in [6.45, 7) is 0.318. The maximum absolute atomic E-state index is 11.5. The molecule has 0 unspecified atom stereocenters. The smallest absolute Gasteiger partial charge is 0.323 e. The predicted molar refractivity (Wildman–Crippen MR) is 87.8 cm³/mol. The molecule has 23 heavy (non-hydrogen) atoms. The lowest BCUT2D eigenvalue weighted by Gasteiger charge is -2.14. The van der Waals surface area contributed by atoms with Gasteiger partial charge in [0.25, 0.3) is 0 Å². The summed E-state index contributed by atoms with van der Waals surface area (Å²) in [6.07, 6.45) is 2.19. The summed E-state index contributed by atoms with van der Waals surface area (Å²) < 4.78 is 0. The summed E-state index contributed by atoms with van der Waals surface area (Å²) >= 11 is 0. The highest BCUT2D eigenvalue weighted by molar-refractivity contribution is 5.84. The van der Waals surface area contributed by atoms with Gasteiger partial charge in [-0.3, -0.25) is 9.63 Å². The number of carboxylic acid groups (broad SMARTS) is 1. The highest BCUT2D eigenvalue weighted by atomic mass is 16.6. The van der Waals surface area contributed by atoms with Crippen molar-refractivity contribution in [3.8, 4) is 0 Å². The van der Waals surface area contributed by atoms with Crippen LogP contribution in [0.4, 0.5) is 0 Å². The van der Waals surface area contributed by atoms with E-state index < -0.39 is 12.0 Å². The van der Waals surface area contributed by atoms with Crippen molar-refractivity contribution in [1.82, 2.24) is 10.5 Å². The Kier molecular flexibility index (Phi) is 4.71. The second kappa shape index (κ2) is 7.09. The van der Waals surface area contributed by atoms with Crippen LogP contribution in [0.5, 0.6) is 0 Å². The number of aromatic nitrogens is 1. The van der Waals surface area contributed by atoms with E-state index in [4.69, 9.17) is 4.84 Å². The van der Waals surface area contributed by atoms with Crippen molar-refractivity contribution >= 4 is 16.9 Å². The minimum atomic E-state index is -0.941. The molecule has 0 bridgehead atoms. The molecule has 1 aromatic heterocycles. The van der Waals surface area contributed by atoms with Gasteiger partial charge in [0.05, 0.1) is 6.61 Å². The minimum Gasteiger partial charge on any atom is -0.480 e. The van der Waals surface area contributed by atoms with Crippen LogP contribution >= 0.6 is 0 Å². The number of carboxylic acids is 1. The molecule has 5 heteroatoms. The quantitative estimate of drug-likeness (QED) is 0.587. The van der Waals surface area contributed by atoms with E-state index in [2.05, 4.69) is 10.5 Å². The van der Waals surface area contributed by atoms with Crippen LogP contribution in [0.2, 0.25) is 0 Å². The van der Waals surface area contributed by atoms with Gasteiger partial charge in [0.2, 0.25) is 0 Å². The molecule has 5 nitrogen and oxygen atoms in total. The molecular weight excluding hydrogens is 292 g/mol. The van der Waals surface area contributed by atoms with Gasteiger partial charge < -0.3 is 10.1 Å².